The van der Waals surface area contributed by atoms with Gasteiger partial charge in [0.2, 0.25) is 0 Å². The number of hydrogen-bond acceptors (Lipinski definition) is 4. The van der Waals surface area contributed by atoms with Crippen molar-refractivity contribution in [3.63, 3.8) is 0 Å². The van der Waals surface area contributed by atoms with Gasteiger partial charge in [-0.15, -0.1) is 13.2 Å². The van der Waals surface area contributed by atoms with Crippen molar-refractivity contribution in [1.82, 2.24) is 5.43 Å². The third-order valence-corrected chi connectivity index (χ3v) is 3.64. The third-order valence-electron chi connectivity index (χ3n) is 3.64. The summed E-state index contributed by atoms with van der Waals surface area (Å²) < 4.78 is 45.6. The number of hydrogen-bond donors (Lipinski definition) is 2. The average molecular weight is 415 g/mol. The molecule has 9 heteroatoms. The van der Waals surface area contributed by atoms with Gasteiger partial charge in [-0.1, -0.05) is 30.3 Å². The lowest BCUT2D eigenvalue weighted by molar-refractivity contribution is -0.274. The SMILES string of the molecule is O=C(NN=C(C=Cc1ccco1)c1ccccc1)Nc1ccc(OC(F)(F)F)cc1. The molecular weight excluding hydrogens is 399 g/mol. The van der Waals surface area contributed by atoms with E-state index in [1.807, 2.05) is 30.3 Å². The van der Waals surface area contributed by atoms with Crippen LogP contribution in [-0.2, 0) is 0 Å². The van der Waals surface area contributed by atoms with E-state index in [0.717, 1.165) is 17.7 Å². The van der Waals surface area contributed by atoms with Crippen molar-refractivity contribution in [1.29, 1.82) is 0 Å². The maximum absolute atomic E-state index is 12.2. The van der Waals surface area contributed by atoms with E-state index in [-0.39, 0.29) is 11.4 Å². The fourth-order valence-electron chi connectivity index (χ4n) is 2.36. The van der Waals surface area contributed by atoms with Crippen molar-refractivity contribution < 1.29 is 27.1 Å². The molecule has 0 radical (unpaired) electrons. The van der Waals surface area contributed by atoms with Gasteiger partial charge in [-0.2, -0.15) is 5.10 Å². The van der Waals surface area contributed by atoms with Crippen LogP contribution in [0.1, 0.15) is 11.3 Å². The number of carbonyl (C=O) groups excluding carboxylic acids is 1. The van der Waals surface area contributed by atoms with E-state index in [9.17, 15) is 18.0 Å². The lowest BCUT2D eigenvalue weighted by Crippen LogP contribution is -2.25. The molecule has 2 amide bonds. The molecule has 3 rings (SSSR count). The van der Waals surface area contributed by atoms with Crippen molar-refractivity contribution in [3.05, 3.63) is 90.4 Å². The smallest absolute Gasteiger partial charge is 0.465 e. The first-order chi connectivity index (χ1) is 14.4. The van der Waals surface area contributed by atoms with Crippen LogP contribution in [0.2, 0.25) is 0 Å². The molecule has 0 bridgehead atoms. The van der Waals surface area contributed by atoms with Gasteiger partial charge in [-0.3, -0.25) is 0 Å². The van der Waals surface area contributed by atoms with E-state index in [4.69, 9.17) is 4.42 Å². The van der Waals surface area contributed by atoms with E-state index in [1.54, 1.807) is 24.3 Å². The maximum Gasteiger partial charge on any atom is 0.573 e. The zero-order valence-corrected chi connectivity index (χ0v) is 15.4. The molecule has 0 spiro atoms. The van der Waals surface area contributed by atoms with Gasteiger partial charge in [0, 0.05) is 11.3 Å². The highest BCUT2D eigenvalue weighted by Crippen LogP contribution is 2.23. The van der Waals surface area contributed by atoms with Gasteiger partial charge in [0.15, 0.2) is 0 Å². The third kappa shape index (κ3) is 6.55. The fourth-order valence-corrected chi connectivity index (χ4v) is 2.36. The molecule has 0 aliphatic carbocycles. The van der Waals surface area contributed by atoms with Gasteiger partial charge < -0.3 is 14.5 Å². The van der Waals surface area contributed by atoms with Crippen LogP contribution in [0.3, 0.4) is 0 Å². The number of nitrogens with one attached hydrogen (secondary N) is 2. The molecule has 154 valence electrons. The number of allylic oxidation sites excluding steroid dienone is 1. The van der Waals surface area contributed by atoms with Crippen molar-refractivity contribution in [2.45, 2.75) is 6.36 Å². The summed E-state index contributed by atoms with van der Waals surface area (Å²) in [5, 5.41) is 6.58. The number of urea groups is 1. The predicted octanol–water partition coefficient (Wildman–Crippen LogP) is 5.42. The highest BCUT2D eigenvalue weighted by molar-refractivity contribution is 6.11. The van der Waals surface area contributed by atoms with Gasteiger partial charge in [-0.05, 0) is 48.6 Å². The average Bonchev–Trinajstić information content (AvgIpc) is 3.23. The van der Waals surface area contributed by atoms with Gasteiger partial charge in [-0.25, -0.2) is 10.2 Å². The quantitative estimate of drug-likeness (QED) is 0.417. The van der Waals surface area contributed by atoms with Gasteiger partial charge in [0.25, 0.3) is 0 Å². The molecule has 30 heavy (non-hydrogen) atoms. The fraction of sp³-hybridized carbons (Fsp3) is 0.0476. The molecule has 0 aliphatic heterocycles. The minimum absolute atomic E-state index is 0.268. The first-order valence-electron chi connectivity index (χ1n) is 8.66. The summed E-state index contributed by atoms with van der Waals surface area (Å²) in [6, 6.07) is 16.7. The zero-order valence-electron chi connectivity index (χ0n) is 15.4. The second-order valence-corrected chi connectivity index (χ2v) is 5.85. The Labute approximate surface area is 169 Å². The van der Waals surface area contributed by atoms with Gasteiger partial charge >= 0.3 is 12.4 Å². The molecule has 0 fully saturated rings. The van der Waals surface area contributed by atoms with Crippen LogP contribution >= 0.6 is 0 Å². The Hall–Kier alpha value is -4.01. The highest BCUT2D eigenvalue weighted by atomic mass is 19.4. The lowest BCUT2D eigenvalue weighted by atomic mass is 10.1. The van der Waals surface area contributed by atoms with Crippen LogP contribution in [0, 0.1) is 0 Å². The molecule has 2 aromatic carbocycles. The molecule has 0 saturated heterocycles. The molecule has 2 N–H and O–H groups in total. The summed E-state index contributed by atoms with van der Waals surface area (Å²) >= 11 is 0. The lowest BCUT2D eigenvalue weighted by Gasteiger charge is -2.10. The van der Waals surface area contributed by atoms with Crippen molar-refractivity contribution in [2.24, 2.45) is 5.10 Å². The van der Waals surface area contributed by atoms with Gasteiger partial charge in [0.05, 0.1) is 12.0 Å². The number of rotatable bonds is 6. The van der Waals surface area contributed by atoms with Crippen LogP contribution in [-0.4, -0.2) is 18.1 Å². The first-order valence-corrected chi connectivity index (χ1v) is 8.66. The Bertz CT molecular complexity index is 1010. The molecular formula is C21H16F3N3O3. The molecule has 1 heterocycles. The van der Waals surface area contributed by atoms with E-state index in [2.05, 4.69) is 20.6 Å². The van der Waals surface area contributed by atoms with Crippen LogP contribution in [0.4, 0.5) is 23.7 Å². The predicted molar refractivity (Wildman–Crippen MR) is 106 cm³/mol. The number of alkyl halides is 3. The summed E-state index contributed by atoms with van der Waals surface area (Å²) in [5.41, 5.74) is 3.85. The number of hydrazone groups is 1. The normalized spacial score (nSPS) is 12.0. The number of carbonyl (C=O) groups is 1. The van der Waals surface area contributed by atoms with Gasteiger partial charge in [0.1, 0.15) is 11.5 Å². The second-order valence-electron chi connectivity index (χ2n) is 5.85. The Balaban J connectivity index is 1.66. The summed E-state index contributed by atoms with van der Waals surface area (Å²) in [6.45, 7) is 0. The largest absolute Gasteiger partial charge is 0.573 e. The highest BCUT2D eigenvalue weighted by Gasteiger charge is 2.30. The number of furan rings is 1. The number of anilines is 1. The number of nitrogens with zero attached hydrogens (tertiary/aromatic N) is 1. The summed E-state index contributed by atoms with van der Waals surface area (Å²) in [4.78, 5) is 12.1. The molecule has 0 atom stereocenters. The maximum atomic E-state index is 12.2. The molecule has 0 saturated carbocycles. The number of halogens is 3. The summed E-state index contributed by atoms with van der Waals surface area (Å²) in [6.07, 6.45) is 0.135. The Morgan fingerprint density at radius 3 is 2.37 bits per heavy atom. The van der Waals surface area contributed by atoms with E-state index in [1.165, 1.54) is 18.4 Å². The number of amides is 2. The van der Waals surface area contributed by atoms with Crippen LogP contribution in [0.25, 0.3) is 6.08 Å². The number of benzene rings is 2. The standard InChI is InChI=1S/C21H16F3N3O3/c22-21(23,24)30-18-10-8-16(9-11-18)25-20(28)27-26-19(15-5-2-1-3-6-15)13-12-17-7-4-14-29-17/h1-14H,(H2,25,27,28). The van der Waals surface area contributed by atoms with E-state index < -0.39 is 12.4 Å². The Morgan fingerprint density at radius 1 is 1.00 bits per heavy atom. The van der Waals surface area contributed by atoms with Crippen LogP contribution in [0.5, 0.6) is 5.75 Å². The van der Waals surface area contributed by atoms with Crippen LogP contribution in [0.15, 0.2) is 88.6 Å². The molecule has 1 aromatic heterocycles. The molecule has 0 aliphatic rings. The summed E-state index contributed by atoms with van der Waals surface area (Å²) in [5.74, 6) is 0.227. The first kappa shape index (κ1) is 20.7. The molecule has 6 nitrogen and oxygen atoms in total. The van der Waals surface area contributed by atoms with E-state index >= 15 is 0 Å². The monoisotopic (exact) mass is 415 g/mol. The van der Waals surface area contributed by atoms with Crippen molar-refractivity contribution in [3.8, 4) is 5.75 Å². The Kier molecular flexibility index (Phi) is 6.53. The second kappa shape index (κ2) is 9.46. The zero-order chi connectivity index (χ0) is 21.4. The Morgan fingerprint density at radius 2 is 1.73 bits per heavy atom. The summed E-state index contributed by atoms with van der Waals surface area (Å²) in [7, 11) is 0. The molecule has 3 aromatic rings. The van der Waals surface area contributed by atoms with Crippen molar-refractivity contribution in [2.75, 3.05) is 5.32 Å². The minimum atomic E-state index is -4.78. The number of ether oxygens (including phenoxy) is 1. The van der Waals surface area contributed by atoms with E-state index in [0.29, 0.717) is 11.5 Å². The van der Waals surface area contributed by atoms with Crippen LogP contribution < -0.4 is 15.5 Å². The minimum Gasteiger partial charge on any atom is -0.465 e. The van der Waals surface area contributed by atoms with Crippen molar-refractivity contribution >= 4 is 23.5 Å². The topological polar surface area (TPSA) is 75.9 Å². The molecule has 0 unspecified atom stereocenters.